The minimum absolute atomic E-state index is 0.0636. The molecule has 3 aromatic rings. The Bertz CT molecular complexity index is 1180. The molecule has 2 aromatic carbocycles. The topological polar surface area (TPSA) is 131 Å². The monoisotopic (exact) mass is 477 g/mol. The molecule has 2 amide bonds. The molecule has 0 saturated carbocycles. The van der Waals surface area contributed by atoms with E-state index in [1.54, 1.807) is 0 Å². The number of carbonyl (C=O) groups excluding carboxylic acids is 2. The maximum absolute atomic E-state index is 12.6. The Hall–Kier alpha value is -4.14. The second kappa shape index (κ2) is 10.9. The van der Waals surface area contributed by atoms with E-state index in [-0.39, 0.29) is 36.7 Å². The fourth-order valence-electron chi connectivity index (χ4n) is 4.42. The molecule has 1 aliphatic rings. The van der Waals surface area contributed by atoms with E-state index in [2.05, 4.69) is 27.9 Å². The SMILES string of the molecule is CCC[C@H](CC(=O)O)NC(=O)c1conc1CNC(=O)OCC1c2ccccc2-c2ccccc21. The van der Waals surface area contributed by atoms with Crippen LogP contribution in [0.2, 0.25) is 0 Å². The normalized spacial score (nSPS) is 12.9. The van der Waals surface area contributed by atoms with E-state index in [1.165, 1.54) is 6.26 Å². The standard InChI is InChI=1S/C26H27N3O6/c1-2-7-16(12-24(30)31)28-25(32)22-15-35-29-23(22)13-27-26(33)34-14-21-19-10-5-3-8-17(19)18-9-4-6-11-20(18)21/h3-6,8-11,15-16,21H,2,7,12-14H2,1H3,(H,27,33)(H,28,32)(H,30,31)/t16-/m1/s1. The maximum Gasteiger partial charge on any atom is 0.407 e. The first kappa shape index (κ1) is 24.0. The number of nitrogens with zero attached hydrogens (tertiary/aromatic N) is 1. The van der Waals surface area contributed by atoms with Crippen LogP contribution in [0.15, 0.2) is 59.3 Å². The lowest BCUT2D eigenvalue weighted by Crippen LogP contribution is -2.37. The van der Waals surface area contributed by atoms with Gasteiger partial charge >= 0.3 is 12.1 Å². The summed E-state index contributed by atoms with van der Waals surface area (Å²) in [7, 11) is 0. The van der Waals surface area contributed by atoms with Crippen LogP contribution in [-0.2, 0) is 16.1 Å². The highest BCUT2D eigenvalue weighted by molar-refractivity contribution is 5.95. The van der Waals surface area contributed by atoms with Crippen molar-refractivity contribution >= 4 is 18.0 Å². The summed E-state index contributed by atoms with van der Waals surface area (Å²) in [5.41, 5.74) is 4.86. The van der Waals surface area contributed by atoms with Gasteiger partial charge in [-0.05, 0) is 28.7 Å². The average molecular weight is 478 g/mol. The van der Waals surface area contributed by atoms with Gasteiger partial charge in [-0.25, -0.2) is 4.79 Å². The van der Waals surface area contributed by atoms with Crippen molar-refractivity contribution in [1.29, 1.82) is 0 Å². The van der Waals surface area contributed by atoms with Gasteiger partial charge in [-0.2, -0.15) is 0 Å². The molecule has 182 valence electrons. The Morgan fingerprint density at radius 3 is 2.37 bits per heavy atom. The first-order chi connectivity index (χ1) is 17.0. The summed E-state index contributed by atoms with van der Waals surface area (Å²) in [6.45, 7) is 2.00. The predicted molar refractivity (Wildman–Crippen MR) is 127 cm³/mol. The van der Waals surface area contributed by atoms with Gasteiger partial charge in [0.1, 0.15) is 24.1 Å². The molecule has 0 radical (unpaired) electrons. The van der Waals surface area contributed by atoms with Gasteiger partial charge in [-0.3, -0.25) is 9.59 Å². The van der Waals surface area contributed by atoms with Crippen molar-refractivity contribution in [3.05, 3.63) is 77.2 Å². The van der Waals surface area contributed by atoms with Gasteiger partial charge in [-0.15, -0.1) is 0 Å². The third-order valence-electron chi connectivity index (χ3n) is 6.03. The lowest BCUT2D eigenvalue weighted by atomic mass is 9.98. The van der Waals surface area contributed by atoms with Gasteiger partial charge in [0.25, 0.3) is 5.91 Å². The van der Waals surface area contributed by atoms with Crippen LogP contribution in [-0.4, -0.2) is 40.9 Å². The van der Waals surface area contributed by atoms with Crippen LogP contribution in [0.1, 0.15) is 59.3 Å². The number of carboxylic acids is 1. The number of benzene rings is 2. The minimum Gasteiger partial charge on any atom is -0.481 e. The number of hydrogen-bond acceptors (Lipinski definition) is 6. The summed E-state index contributed by atoms with van der Waals surface area (Å²) < 4.78 is 10.4. The molecule has 0 spiro atoms. The molecule has 1 aliphatic carbocycles. The first-order valence-corrected chi connectivity index (χ1v) is 11.5. The van der Waals surface area contributed by atoms with Gasteiger partial charge in [0.2, 0.25) is 0 Å². The molecule has 0 bridgehead atoms. The summed E-state index contributed by atoms with van der Waals surface area (Å²) in [5, 5.41) is 18.1. The summed E-state index contributed by atoms with van der Waals surface area (Å²) in [6.07, 6.45) is 1.59. The molecule has 1 atom stereocenters. The number of ether oxygens (including phenoxy) is 1. The number of aliphatic carboxylic acids is 1. The maximum atomic E-state index is 12.6. The van der Waals surface area contributed by atoms with E-state index in [4.69, 9.17) is 14.4 Å². The molecule has 1 aromatic heterocycles. The fraction of sp³-hybridized carbons (Fsp3) is 0.308. The smallest absolute Gasteiger partial charge is 0.407 e. The van der Waals surface area contributed by atoms with Crippen LogP contribution < -0.4 is 10.6 Å². The first-order valence-electron chi connectivity index (χ1n) is 11.5. The quantitative estimate of drug-likeness (QED) is 0.401. The van der Waals surface area contributed by atoms with Gasteiger partial charge in [0.15, 0.2) is 0 Å². The molecule has 0 unspecified atom stereocenters. The summed E-state index contributed by atoms with van der Waals surface area (Å²) >= 11 is 0. The lowest BCUT2D eigenvalue weighted by molar-refractivity contribution is -0.137. The highest BCUT2D eigenvalue weighted by Gasteiger charge is 2.29. The Balaban J connectivity index is 1.34. The molecule has 9 heteroatoms. The number of aromatic nitrogens is 1. The fourth-order valence-corrected chi connectivity index (χ4v) is 4.42. The summed E-state index contributed by atoms with van der Waals surface area (Å²) in [6, 6.07) is 15.6. The van der Waals surface area contributed by atoms with Crippen LogP contribution in [0.3, 0.4) is 0 Å². The number of fused-ring (bicyclic) bond motifs is 3. The van der Waals surface area contributed by atoms with E-state index in [0.29, 0.717) is 6.42 Å². The lowest BCUT2D eigenvalue weighted by Gasteiger charge is -2.16. The highest BCUT2D eigenvalue weighted by atomic mass is 16.5. The molecular formula is C26H27N3O6. The molecule has 0 saturated heterocycles. The second-order valence-corrected chi connectivity index (χ2v) is 8.41. The zero-order chi connectivity index (χ0) is 24.8. The Morgan fingerprint density at radius 2 is 1.74 bits per heavy atom. The largest absolute Gasteiger partial charge is 0.481 e. The third kappa shape index (κ3) is 5.51. The van der Waals surface area contributed by atoms with Gasteiger partial charge in [0.05, 0.1) is 13.0 Å². The summed E-state index contributed by atoms with van der Waals surface area (Å²) in [4.78, 5) is 36.1. The van der Waals surface area contributed by atoms with E-state index >= 15 is 0 Å². The van der Waals surface area contributed by atoms with Crippen LogP contribution in [0.5, 0.6) is 0 Å². The molecule has 1 heterocycles. The number of nitrogens with one attached hydrogen (secondary N) is 2. The third-order valence-corrected chi connectivity index (χ3v) is 6.03. The average Bonchev–Trinajstić information content (AvgIpc) is 3.44. The van der Waals surface area contributed by atoms with Crippen LogP contribution in [0, 0.1) is 0 Å². The molecule has 4 rings (SSSR count). The molecule has 35 heavy (non-hydrogen) atoms. The van der Waals surface area contributed by atoms with Crippen molar-refractivity contribution in [1.82, 2.24) is 15.8 Å². The van der Waals surface area contributed by atoms with E-state index in [0.717, 1.165) is 28.7 Å². The second-order valence-electron chi connectivity index (χ2n) is 8.41. The predicted octanol–water partition coefficient (Wildman–Crippen LogP) is 4.09. The van der Waals surface area contributed by atoms with Crippen molar-refractivity contribution in [3.63, 3.8) is 0 Å². The van der Waals surface area contributed by atoms with Crippen LogP contribution in [0.4, 0.5) is 4.79 Å². The molecule has 9 nitrogen and oxygen atoms in total. The zero-order valence-electron chi connectivity index (χ0n) is 19.3. The number of rotatable bonds is 10. The van der Waals surface area contributed by atoms with E-state index in [9.17, 15) is 14.4 Å². The van der Waals surface area contributed by atoms with Crippen molar-refractivity contribution in [3.8, 4) is 11.1 Å². The molecule has 0 aliphatic heterocycles. The van der Waals surface area contributed by atoms with E-state index in [1.807, 2.05) is 43.3 Å². The van der Waals surface area contributed by atoms with Gasteiger partial charge in [0, 0.05) is 12.0 Å². The Kier molecular flexibility index (Phi) is 7.45. The van der Waals surface area contributed by atoms with Crippen molar-refractivity contribution < 1.29 is 28.8 Å². The van der Waals surface area contributed by atoms with Crippen molar-refractivity contribution in [2.24, 2.45) is 0 Å². The molecular weight excluding hydrogens is 450 g/mol. The molecule has 0 fully saturated rings. The van der Waals surface area contributed by atoms with Gasteiger partial charge in [-0.1, -0.05) is 67.0 Å². The van der Waals surface area contributed by atoms with Crippen molar-refractivity contribution in [2.45, 2.75) is 44.7 Å². The highest BCUT2D eigenvalue weighted by Crippen LogP contribution is 2.44. The van der Waals surface area contributed by atoms with Crippen LogP contribution >= 0.6 is 0 Å². The van der Waals surface area contributed by atoms with Gasteiger partial charge < -0.3 is 25.0 Å². The number of hydrogen-bond donors (Lipinski definition) is 3. The Morgan fingerprint density at radius 1 is 1.09 bits per heavy atom. The number of alkyl carbamates (subject to hydrolysis) is 1. The molecule has 3 N–H and O–H groups in total. The number of amides is 2. The minimum atomic E-state index is -0.994. The summed E-state index contributed by atoms with van der Waals surface area (Å²) in [5.74, 6) is -1.56. The van der Waals surface area contributed by atoms with Crippen LogP contribution in [0.25, 0.3) is 11.1 Å². The zero-order valence-corrected chi connectivity index (χ0v) is 19.3. The number of carbonyl (C=O) groups is 3. The van der Waals surface area contributed by atoms with Crippen molar-refractivity contribution in [2.75, 3.05) is 6.61 Å². The number of carboxylic acid groups (broad SMARTS) is 1. The Labute approximate surface area is 202 Å². The van der Waals surface area contributed by atoms with E-state index < -0.39 is 24.0 Å².